The van der Waals surface area contributed by atoms with Gasteiger partial charge in [-0.15, -0.1) is 0 Å². The summed E-state index contributed by atoms with van der Waals surface area (Å²) >= 11 is 12.1. The highest BCUT2D eigenvalue weighted by Gasteiger charge is 2.15. The zero-order valence-corrected chi connectivity index (χ0v) is 9.89. The lowest BCUT2D eigenvalue weighted by Gasteiger charge is -2.03. The van der Waals surface area contributed by atoms with Crippen molar-refractivity contribution in [2.24, 2.45) is 0 Å². The fraction of sp³-hybridized carbons (Fsp3) is 0.182. The lowest BCUT2D eigenvalue weighted by molar-refractivity contribution is -0.136. The van der Waals surface area contributed by atoms with Crippen molar-refractivity contribution in [3.8, 4) is 0 Å². The van der Waals surface area contributed by atoms with Gasteiger partial charge in [-0.05, 0) is 12.5 Å². The van der Waals surface area contributed by atoms with Gasteiger partial charge >= 0.3 is 5.97 Å². The second-order valence-electron chi connectivity index (χ2n) is 3.50. The summed E-state index contributed by atoms with van der Waals surface area (Å²) in [5, 5.41) is 10.3. The first-order valence-electron chi connectivity index (χ1n) is 4.57. The summed E-state index contributed by atoms with van der Waals surface area (Å²) < 4.78 is 5.23. The van der Waals surface area contributed by atoms with Gasteiger partial charge in [-0.1, -0.05) is 23.2 Å². The minimum atomic E-state index is -0.925. The van der Waals surface area contributed by atoms with Crippen LogP contribution in [-0.4, -0.2) is 11.1 Å². The summed E-state index contributed by atoms with van der Waals surface area (Å²) in [4.78, 5) is 10.7. The van der Waals surface area contributed by atoms with Gasteiger partial charge in [-0.2, -0.15) is 0 Å². The van der Waals surface area contributed by atoms with Gasteiger partial charge in [0.2, 0.25) is 0 Å². The molecule has 2 aromatic rings. The second-order valence-corrected chi connectivity index (χ2v) is 4.29. The Morgan fingerprint density at radius 3 is 2.81 bits per heavy atom. The van der Waals surface area contributed by atoms with Gasteiger partial charge < -0.3 is 9.52 Å². The van der Waals surface area contributed by atoms with Crippen molar-refractivity contribution in [1.29, 1.82) is 0 Å². The minimum Gasteiger partial charge on any atom is -0.481 e. The largest absolute Gasteiger partial charge is 0.481 e. The molecule has 1 heterocycles. The van der Waals surface area contributed by atoms with Gasteiger partial charge in [-0.25, -0.2) is 0 Å². The van der Waals surface area contributed by atoms with Crippen LogP contribution in [0, 0.1) is 6.92 Å². The highest BCUT2D eigenvalue weighted by molar-refractivity contribution is 6.40. The smallest absolute Gasteiger partial charge is 0.307 e. The minimum absolute atomic E-state index is 0.117. The number of hydrogen-bond donors (Lipinski definition) is 1. The zero-order valence-electron chi connectivity index (χ0n) is 8.38. The van der Waals surface area contributed by atoms with E-state index in [-0.39, 0.29) is 6.42 Å². The van der Waals surface area contributed by atoms with Gasteiger partial charge in [0, 0.05) is 22.0 Å². The van der Waals surface area contributed by atoms with Crippen LogP contribution in [0.1, 0.15) is 11.1 Å². The lowest BCUT2D eigenvalue weighted by atomic mass is 10.1. The van der Waals surface area contributed by atoms with Crippen molar-refractivity contribution in [3.05, 3.63) is 33.5 Å². The van der Waals surface area contributed by atoms with Crippen LogP contribution < -0.4 is 0 Å². The Labute approximate surface area is 102 Å². The van der Waals surface area contributed by atoms with Crippen molar-refractivity contribution in [3.63, 3.8) is 0 Å². The van der Waals surface area contributed by atoms with E-state index in [1.807, 2.05) is 0 Å². The number of furan rings is 1. The molecule has 0 radical (unpaired) electrons. The number of rotatable bonds is 2. The topological polar surface area (TPSA) is 50.4 Å². The first-order valence-corrected chi connectivity index (χ1v) is 5.32. The molecule has 0 saturated heterocycles. The van der Waals surface area contributed by atoms with Gasteiger partial charge in [0.1, 0.15) is 5.58 Å². The molecule has 0 unspecified atom stereocenters. The van der Waals surface area contributed by atoms with E-state index < -0.39 is 5.97 Å². The first kappa shape index (κ1) is 11.3. The van der Waals surface area contributed by atoms with Gasteiger partial charge in [0.15, 0.2) is 0 Å². The van der Waals surface area contributed by atoms with Crippen molar-refractivity contribution in [2.45, 2.75) is 13.3 Å². The van der Waals surface area contributed by atoms with Crippen LogP contribution in [0.3, 0.4) is 0 Å². The highest BCUT2D eigenvalue weighted by atomic mass is 35.5. The van der Waals surface area contributed by atoms with E-state index in [4.69, 9.17) is 32.7 Å². The molecule has 0 bridgehead atoms. The monoisotopic (exact) mass is 258 g/mol. The van der Waals surface area contributed by atoms with E-state index in [9.17, 15) is 4.79 Å². The van der Waals surface area contributed by atoms with E-state index in [0.717, 1.165) is 5.56 Å². The SMILES string of the molecule is Cc1c(Cl)cc2occ(CC(=O)O)c2c1Cl. The van der Waals surface area contributed by atoms with Crippen LogP contribution in [0.5, 0.6) is 0 Å². The summed E-state index contributed by atoms with van der Waals surface area (Å²) in [6.07, 6.45) is 1.29. The van der Waals surface area contributed by atoms with E-state index >= 15 is 0 Å². The van der Waals surface area contributed by atoms with Crippen LogP contribution >= 0.6 is 23.2 Å². The first-order chi connectivity index (χ1) is 7.50. The molecule has 1 aromatic heterocycles. The molecule has 2 rings (SSSR count). The molecule has 1 N–H and O–H groups in total. The van der Waals surface area contributed by atoms with Crippen LogP contribution in [0.2, 0.25) is 10.0 Å². The molecule has 0 atom stereocenters. The summed E-state index contributed by atoms with van der Waals surface area (Å²) in [6, 6.07) is 1.64. The second kappa shape index (κ2) is 4.00. The number of carbonyl (C=O) groups is 1. The highest BCUT2D eigenvalue weighted by Crippen LogP contribution is 2.35. The van der Waals surface area contributed by atoms with Crippen molar-refractivity contribution >= 4 is 40.1 Å². The van der Waals surface area contributed by atoms with Gasteiger partial charge in [0.05, 0.1) is 17.7 Å². The number of aliphatic carboxylic acids is 1. The normalized spacial score (nSPS) is 10.9. The summed E-state index contributed by atoms with van der Waals surface area (Å²) in [5.41, 5.74) is 1.80. The molecule has 1 aromatic carbocycles. The number of benzene rings is 1. The predicted octanol–water partition coefficient (Wildman–Crippen LogP) is 3.68. The number of halogens is 2. The quantitative estimate of drug-likeness (QED) is 0.894. The number of carboxylic acid groups (broad SMARTS) is 1. The molecule has 0 amide bonds. The van der Waals surface area contributed by atoms with E-state index in [2.05, 4.69) is 0 Å². The standard InChI is InChI=1S/C11H8Cl2O3/c1-5-7(12)3-8-10(11(5)13)6(4-16-8)2-9(14)15/h3-4H,2H2,1H3,(H,14,15). The number of carboxylic acids is 1. The van der Waals surface area contributed by atoms with E-state index in [1.165, 1.54) is 6.26 Å². The third-order valence-corrected chi connectivity index (χ3v) is 3.27. The number of hydrogen-bond acceptors (Lipinski definition) is 2. The van der Waals surface area contributed by atoms with Crippen molar-refractivity contribution in [1.82, 2.24) is 0 Å². The van der Waals surface area contributed by atoms with Gasteiger partial charge in [-0.3, -0.25) is 4.79 Å². The summed E-state index contributed by atoms with van der Waals surface area (Å²) in [7, 11) is 0. The summed E-state index contributed by atoms with van der Waals surface area (Å²) in [5.74, 6) is -0.925. The maximum atomic E-state index is 10.7. The molecular weight excluding hydrogens is 251 g/mol. The van der Waals surface area contributed by atoms with E-state index in [0.29, 0.717) is 26.6 Å². The third-order valence-electron chi connectivity index (χ3n) is 2.40. The molecule has 0 aliphatic heterocycles. The Bertz CT molecular complexity index is 572. The molecule has 0 fully saturated rings. The average molecular weight is 259 g/mol. The Balaban J connectivity index is 2.71. The molecular formula is C11H8Cl2O3. The maximum absolute atomic E-state index is 10.7. The molecule has 3 nitrogen and oxygen atoms in total. The third kappa shape index (κ3) is 1.77. The Kier molecular flexibility index (Phi) is 2.82. The van der Waals surface area contributed by atoms with Gasteiger partial charge in [0.25, 0.3) is 0 Å². The zero-order chi connectivity index (χ0) is 11.9. The van der Waals surface area contributed by atoms with Crippen LogP contribution in [0.15, 0.2) is 16.7 Å². The van der Waals surface area contributed by atoms with Crippen LogP contribution in [0.25, 0.3) is 11.0 Å². The van der Waals surface area contributed by atoms with E-state index in [1.54, 1.807) is 13.0 Å². The number of fused-ring (bicyclic) bond motifs is 1. The molecule has 0 aliphatic carbocycles. The Morgan fingerprint density at radius 1 is 1.50 bits per heavy atom. The maximum Gasteiger partial charge on any atom is 0.307 e. The van der Waals surface area contributed by atoms with Crippen LogP contribution in [-0.2, 0) is 11.2 Å². The van der Waals surface area contributed by atoms with Crippen LogP contribution in [0.4, 0.5) is 0 Å². The molecule has 84 valence electrons. The Hall–Kier alpha value is -1.19. The molecule has 16 heavy (non-hydrogen) atoms. The fourth-order valence-corrected chi connectivity index (χ4v) is 2.13. The average Bonchev–Trinajstić information content (AvgIpc) is 2.57. The summed E-state index contributed by atoms with van der Waals surface area (Å²) in [6.45, 7) is 1.78. The fourth-order valence-electron chi connectivity index (χ4n) is 1.57. The molecule has 0 spiro atoms. The lowest BCUT2D eigenvalue weighted by Crippen LogP contribution is -1.99. The molecule has 0 saturated carbocycles. The van der Waals surface area contributed by atoms with Crippen molar-refractivity contribution in [2.75, 3.05) is 0 Å². The Morgan fingerprint density at radius 2 is 2.19 bits per heavy atom. The molecule has 0 aliphatic rings. The predicted molar refractivity (Wildman–Crippen MR) is 62.3 cm³/mol. The molecule has 5 heteroatoms. The van der Waals surface area contributed by atoms with Crippen molar-refractivity contribution < 1.29 is 14.3 Å².